The molecule has 2 heteroatoms. The molecule has 0 aromatic carbocycles. The molecule has 1 fully saturated rings. The molecule has 72 valence electrons. The molecule has 12 heavy (non-hydrogen) atoms. The minimum atomic E-state index is 1.06. The number of likely N-dealkylation sites (tertiary alicyclic amines) is 1. The van der Waals surface area contributed by atoms with E-state index in [-0.39, 0.29) is 0 Å². The molecule has 0 unspecified atom stereocenters. The fraction of sp³-hybridized carbons (Fsp3) is 1.00. The molecule has 0 bridgehead atoms. The molecule has 0 spiro atoms. The average Bonchev–Trinajstić information content (AvgIpc) is 2.57. The average molecular weight is 187 g/mol. The van der Waals surface area contributed by atoms with Gasteiger partial charge in [0.2, 0.25) is 0 Å². The number of hydrogen-bond acceptors (Lipinski definition) is 2. The van der Waals surface area contributed by atoms with Gasteiger partial charge in [-0.25, -0.2) is 0 Å². The Kier molecular flexibility index (Phi) is 5.88. The van der Waals surface area contributed by atoms with Crippen LogP contribution in [0, 0.1) is 0 Å². The van der Waals surface area contributed by atoms with Gasteiger partial charge in [0.25, 0.3) is 0 Å². The molecule has 1 rings (SSSR count). The van der Waals surface area contributed by atoms with Gasteiger partial charge in [0.1, 0.15) is 0 Å². The van der Waals surface area contributed by atoms with E-state index in [0.717, 1.165) is 5.75 Å². The minimum absolute atomic E-state index is 1.06. The Morgan fingerprint density at radius 2 is 1.58 bits per heavy atom. The largest absolute Gasteiger partial charge is 0.303 e. The van der Waals surface area contributed by atoms with E-state index in [2.05, 4.69) is 17.5 Å². The first kappa shape index (κ1) is 10.4. The Morgan fingerprint density at radius 3 is 2.25 bits per heavy atom. The summed E-state index contributed by atoms with van der Waals surface area (Å²) < 4.78 is 0. The fourth-order valence-corrected chi connectivity index (χ4v) is 2.03. The molecule has 0 amide bonds. The molecule has 1 aliphatic heterocycles. The quantitative estimate of drug-likeness (QED) is 0.494. The van der Waals surface area contributed by atoms with Gasteiger partial charge < -0.3 is 4.90 Å². The van der Waals surface area contributed by atoms with Crippen LogP contribution in [-0.2, 0) is 0 Å². The number of nitrogens with zero attached hydrogens (tertiary/aromatic N) is 1. The summed E-state index contributed by atoms with van der Waals surface area (Å²) in [5, 5.41) is 0. The van der Waals surface area contributed by atoms with Crippen LogP contribution >= 0.6 is 12.6 Å². The van der Waals surface area contributed by atoms with Crippen molar-refractivity contribution in [2.45, 2.75) is 38.5 Å². The zero-order valence-electron chi connectivity index (χ0n) is 7.97. The zero-order chi connectivity index (χ0) is 8.65. The van der Waals surface area contributed by atoms with Gasteiger partial charge in [0.05, 0.1) is 0 Å². The van der Waals surface area contributed by atoms with Crippen LogP contribution in [-0.4, -0.2) is 30.3 Å². The molecule has 0 aromatic rings. The van der Waals surface area contributed by atoms with Crippen molar-refractivity contribution in [2.24, 2.45) is 0 Å². The van der Waals surface area contributed by atoms with Crippen LogP contribution in [0.4, 0.5) is 0 Å². The van der Waals surface area contributed by atoms with Crippen molar-refractivity contribution < 1.29 is 0 Å². The van der Waals surface area contributed by atoms with Gasteiger partial charge in [-0.3, -0.25) is 0 Å². The SMILES string of the molecule is SCCCCCCN1CCCC1. The van der Waals surface area contributed by atoms with Crippen molar-refractivity contribution in [3.8, 4) is 0 Å². The second-order valence-electron chi connectivity index (χ2n) is 3.69. The van der Waals surface area contributed by atoms with Crippen molar-refractivity contribution in [1.82, 2.24) is 4.90 Å². The number of hydrogen-bond donors (Lipinski definition) is 1. The summed E-state index contributed by atoms with van der Waals surface area (Å²) in [6.45, 7) is 4.05. The summed E-state index contributed by atoms with van der Waals surface area (Å²) in [6.07, 6.45) is 8.32. The van der Waals surface area contributed by atoms with Gasteiger partial charge in [0.15, 0.2) is 0 Å². The highest BCUT2D eigenvalue weighted by atomic mass is 32.1. The second-order valence-corrected chi connectivity index (χ2v) is 4.13. The van der Waals surface area contributed by atoms with Gasteiger partial charge >= 0.3 is 0 Å². The second kappa shape index (κ2) is 6.79. The van der Waals surface area contributed by atoms with Crippen LogP contribution in [0.5, 0.6) is 0 Å². The smallest absolute Gasteiger partial charge is 0.00183 e. The van der Waals surface area contributed by atoms with Crippen LogP contribution < -0.4 is 0 Å². The molecular weight excluding hydrogens is 166 g/mol. The summed E-state index contributed by atoms with van der Waals surface area (Å²) in [6, 6.07) is 0. The summed E-state index contributed by atoms with van der Waals surface area (Å²) >= 11 is 4.20. The lowest BCUT2D eigenvalue weighted by molar-refractivity contribution is 0.328. The maximum atomic E-state index is 4.20. The minimum Gasteiger partial charge on any atom is -0.303 e. The van der Waals surface area contributed by atoms with E-state index >= 15 is 0 Å². The van der Waals surface area contributed by atoms with Crippen molar-refractivity contribution in [2.75, 3.05) is 25.4 Å². The highest BCUT2D eigenvalue weighted by molar-refractivity contribution is 7.80. The summed E-state index contributed by atoms with van der Waals surface area (Å²) in [5.74, 6) is 1.06. The van der Waals surface area contributed by atoms with Crippen LogP contribution in [0.2, 0.25) is 0 Å². The maximum Gasteiger partial charge on any atom is -0.00183 e. The molecule has 0 aromatic heterocycles. The van der Waals surface area contributed by atoms with Gasteiger partial charge in [-0.15, -0.1) is 0 Å². The van der Waals surface area contributed by atoms with Gasteiger partial charge in [-0.1, -0.05) is 12.8 Å². The summed E-state index contributed by atoms with van der Waals surface area (Å²) in [5.41, 5.74) is 0. The highest BCUT2D eigenvalue weighted by Gasteiger charge is 2.09. The molecule has 0 radical (unpaired) electrons. The van der Waals surface area contributed by atoms with Gasteiger partial charge in [-0.05, 0) is 51.1 Å². The monoisotopic (exact) mass is 187 g/mol. The first-order valence-electron chi connectivity index (χ1n) is 5.26. The molecule has 1 nitrogen and oxygen atoms in total. The Labute approximate surface area is 81.9 Å². The summed E-state index contributed by atoms with van der Waals surface area (Å²) in [4.78, 5) is 2.60. The maximum absolute atomic E-state index is 4.20. The molecule has 0 N–H and O–H groups in total. The predicted molar refractivity (Wildman–Crippen MR) is 58.0 cm³/mol. The third-order valence-electron chi connectivity index (χ3n) is 2.58. The zero-order valence-corrected chi connectivity index (χ0v) is 8.86. The van der Waals surface area contributed by atoms with Crippen LogP contribution in [0.15, 0.2) is 0 Å². The molecule has 0 saturated carbocycles. The van der Waals surface area contributed by atoms with Gasteiger partial charge in [-0.2, -0.15) is 12.6 Å². The van der Waals surface area contributed by atoms with E-state index in [1.807, 2.05) is 0 Å². The standard InChI is InChI=1S/C10H21NS/c12-10-6-2-1-3-7-11-8-4-5-9-11/h12H,1-10H2. The lowest BCUT2D eigenvalue weighted by atomic mass is 10.2. The summed E-state index contributed by atoms with van der Waals surface area (Å²) in [7, 11) is 0. The Hall–Kier alpha value is 0.310. The first-order chi connectivity index (χ1) is 5.93. The molecule has 1 saturated heterocycles. The Bertz CT molecular complexity index is 100. The predicted octanol–water partition coefficient (Wildman–Crippen LogP) is 2.57. The van der Waals surface area contributed by atoms with Crippen LogP contribution in [0.3, 0.4) is 0 Å². The van der Waals surface area contributed by atoms with Crippen molar-refractivity contribution in [1.29, 1.82) is 0 Å². The van der Waals surface area contributed by atoms with E-state index < -0.39 is 0 Å². The third kappa shape index (κ3) is 4.36. The number of rotatable bonds is 6. The molecule has 0 aliphatic carbocycles. The van der Waals surface area contributed by atoms with E-state index in [1.54, 1.807) is 0 Å². The molecule has 0 atom stereocenters. The van der Waals surface area contributed by atoms with Crippen molar-refractivity contribution in [3.63, 3.8) is 0 Å². The molecule has 1 aliphatic rings. The normalized spacial score (nSPS) is 18.8. The van der Waals surface area contributed by atoms with Crippen LogP contribution in [0.1, 0.15) is 38.5 Å². The Balaban J connectivity index is 1.81. The van der Waals surface area contributed by atoms with E-state index in [4.69, 9.17) is 0 Å². The Morgan fingerprint density at radius 1 is 0.917 bits per heavy atom. The third-order valence-corrected chi connectivity index (χ3v) is 2.90. The highest BCUT2D eigenvalue weighted by Crippen LogP contribution is 2.09. The van der Waals surface area contributed by atoms with E-state index in [0.29, 0.717) is 0 Å². The first-order valence-corrected chi connectivity index (χ1v) is 5.90. The van der Waals surface area contributed by atoms with Crippen LogP contribution in [0.25, 0.3) is 0 Å². The van der Waals surface area contributed by atoms with Gasteiger partial charge in [0, 0.05) is 0 Å². The lowest BCUT2D eigenvalue weighted by Gasteiger charge is -2.13. The van der Waals surface area contributed by atoms with E-state index in [1.165, 1.54) is 58.2 Å². The number of thiol groups is 1. The topological polar surface area (TPSA) is 3.24 Å². The molecule has 1 heterocycles. The van der Waals surface area contributed by atoms with Crippen molar-refractivity contribution in [3.05, 3.63) is 0 Å². The fourth-order valence-electron chi connectivity index (χ4n) is 1.81. The van der Waals surface area contributed by atoms with E-state index in [9.17, 15) is 0 Å². The molecular formula is C10H21NS. The van der Waals surface area contributed by atoms with Crippen molar-refractivity contribution >= 4 is 12.6 Å². The lowest BCUT2D eigenvalue weighted by Crippen LogP contribution is -2.20. The number of unbranched alkanes of at least 4 members (excludes halogenated alkanes) is 3.